The average molecular weight is 431 g/mol. The molecule has 0 aromatic heterocycles. The van der Waals surface area contributed by atoms with Crippen LogP contribution in [0.1, 0.15) is 53.4 Å². The van der Waals surface area contributed by atoms with Gasteiger partial charge in [0, 0.05) is 12.8 Å². The van der Waals surface area contributed by atoms with E-state index in [0.717, 1.165) is 26.2 Å². The molecule has 0 aromatic rings. The lowest BCUT2D eigenvalue weighted by molar-refractivity contribution is -0.149. The van der Waals surface area contributed by atoms with Gasteiger partial charge in [0.25, 0.3) is 0 Å². The van der Waals surface area contributed by atoms with Crippen LogP contribution in [0.25, 0.3) is 0 Å². The summed E-state index contributed by atoms with van der Waals surface area (Å²) in [7, 11) is 7.96. The highest BCUT2D eigenvalue weighted by Gasteiger charge is 2.21. The van der Waals surface area contributed by atoms with E-state index in [9.17, 15) is 9.59 Å². The van der Waals surface area contributed by atoms with Crippen molar-refractivity contribution >= 4 is 11.9 Å². The molecular formula is C22H46N4O4. The molecule has 0 amide bonds. The number of rotatable bonds is 17. The molecule has 0 aliphatic carbocycles. The fourth-order valence-corrected chi connectivity index (χ4v) is 3.47. The standard InChI is InChI=1S/C22H46N4O4/c1-9-25(10-2)19(23(5)6)17-29-21(27)15-13-14-16-22(28)30-18-20(24(7)8)26(11-3)12-4/h19-20H,9-18H2,1-8H3. The molecule has 0 saturated carbocycles. The number of nitrogens with zero attached hydrogens (tertiary/aromatic N) is 4. The number of likely N-dealkylation sites (N-methyl/N-ethyl adjacent to an activating group) is 4. The predicted molar refractivity (Wildman–Crippen MR) is 121 cm³/mol. The summed E-state index contributed by atoms with van der Waals surface area (Å²) in [5.41, 5.74) is 0. The minimum absolute atomic E-state index is 0.0781. The highest BCUT2D eigenvalue weighted by Crippen LogP contribution is 2.08. The van der Waals surface area contributed by atoms with Crippen molar-refractivity contribution in [3.8, 4) is 0 Å². The van der Waals surface area contributed by atoms with Crippen LogP contribution in [0.5, 0.6) is 0 Å². The van der Waals surface area contributed by atoms with Crippen LogP contribution in [0.2, 0.25) is 0 Å². The van der Waals surface area contributed by atoms with E-state index in [1.54, 1.807) is 0 Å². The minimum atomic E-state index is -0.212. The number of carbonyl (C=O) groups is 2. The second kappa shape index (κ2) is 16.5. The van der Waals surface area contributed by atoms with Crippen molar-refractivity contribution < 1.29 is 19.1 Å². The molecule has 0 aliphatic heterocycles. The van der Waals surface area contributed by atoms with E-state index in [1.165, 1.54) is 0 Å². The van der Waals surface area contributed by atoms with Crippen LogP contribution in [0.3, 0.4) is 0 Å². The van der Waals surface area contributed by atoms with Gasteiger partial charge in [-0.2, -0.15) is 0 Å². The Balaban J connectivity index is 4.18. The Morgan fingerprint density at radius 2 is 0.933 bits per heavy atom. The Labute approximate surface area is 184 Å². The van der Waals surface area contributed by atoms with Gasteiger partial charge in [-0.25, -0.2) is 0 Å². The van der Waals surface area contributed by atoms with Crippen LogP contribution in [-0.4, -0.2) is 111 Å². The van der Waals surface area contributed by atoms with E-state index in [1.807, 2.05) is 28.2 Å². The van der Waals surface area contributed by atoms with Gasteiger partial charge >= 0.3 is 11.9 Å². The second-order valence-electron chi connectivity index (χ2n) is 7.90. The zero-order valence-corrected chi connectivity index (χ0v) is 20.6. The molecule has 0 N–H and O–H groups in total. The zero-order chi connectivity index (χ0) is 23.1. The number of hydrogen-bond donors (Lipinski definition) is 0. The van der Waals surface area contributed by atoms with Gasteiger partial charge in [0.1, 0.15) is 13.2 Å². The average Bonchev–Trinajstić information content (AvgIpc) is 2.70. The summed E-state index contributed by atoms with van der Waals surface area (Å²) < 4.78 is 10.9. The van der Waals surface area contributed by atoms with E-state index >= 15 is 0 Å². The minimum Gasteiger partial charge on any atom is -0.463 e. The van der Waals surface area contributed by atoms with Crippen molar-refractivity contribution in [2.75, 3.05) is 67.6 Å². The maximum absolute atomic E-state index is 12.1. The quantitative estimate of drug-likeness (QED) is 0.197. The number of hydrogen-bond acceptors (Lipinski definition) is 8. The maximum atomic E-state index is 12.1. The monoisotopic (exact) mass is 430 g/mol. The maximum Gasteiger partial charge on any atom is 0.305 e. The fraction of sp³-hybridized carbons (Fsp3) is 0.909. The third-order valence-corrected chi connectivity index (χ3v) is 5.46. The smallest absolute Gasteiger partial charge is 0.305 e. The number of ether oxygens (including phenoxy) is 2. The molecule has 0 aliphatic rings. The highest BCUT2D eigenvalue weighted by atomic mass is 16.5. The van der Waals surface area contributed by atoms with Gasteiger partial charge in [0.05, 0.1) is 12.3 Å². The summed E-state index contributed by atoms with van der Waals surface area (Å²) in [6, 6.07) is 0. The lowest BCUT2D eigenvalue weighted by Gasteiger charge is -2.34. The van der Waals surface area contributed by atoms with Crippen molar-refractivity contribution in [2.24, 2.45) is 0 Å². The van der Waals surface area contributed by atoms with Crippen molar-refractivity contribution in [3.05, 3.63) is 0 Å². The van der Waals surface area contributed by atoms with Gasteiger partial charge in [-0.05, 0) is 67.2 Å². The number of esters is 2. The van der Waals surface area contributed by atoms with Crippen LogP contribution >= 0.6 is 0 Å². The summed E-state index contributed by atoms with van der Waals surface area (Å²) >= 11 is 0. The topological polar surface area (TPSA) is 65.6 Å². The highest BCUT2D eigenvalue weighted by molar-refractivity contribution is 5.70. The van der Waals surface area contributed by atoms with Gasteiger partial charge in [-0.15, -0.1) is 0 Å². The largest absolute Gasteiger partial charge is 0.463 e. The first kappa shape index (κ1) is 28.8. The third kappa shape index (κ3) is 11.2. The second-order valence-corrected chi connectivity index (χ2v) is 7.90. The van der Waals surface area contributed by atoms with Crippen molar-refractivity contribution in [3.63, 3.8) is 0 Å². The van der Waals surface area contributed by atoms with E-state index < -0.39 is 0 Å². The molecule has 0 spiro atoms. The molecule has 0 aromatic carbocycles. The summed E-state index contributed by atoms with van der Waals surface area (Å²) in [4.78, 5) is 32.8. The first-order valence-corrected chi connectivity index (χ1v) is 11.3. The Kier molecular flexibility index (Phi) is 15.8. The third-order valence-electron chi connectivity index (χ3n) is 5.46. The van der Waals surface area contributed by atoms with E-state index in [-0.39, 0.29) is 24.3 Å². The molecule has 0 bridgehead atoms. The zero-order valence-electron chi connectivity index (χ0n) is 20.6. The summed E-state index contributed by atoms with van der Waals surface area (Å²) in [5, 5.41) is 0. The predicted octanol–water partition coefficient (Wildman–Crippen LogP) is 2.09. The van der Waals surface area contributed by atoms with Crippen LogP contribution in [0, 0.1) is 0 Å². The van der Waals surface area contributed by atoms with Gasteiger partial charge in [0.2, 0.25) is 0 Å². The molecule has 8 nitrogen and oxygen atoms in total. The van der Waals surface area contributed by atoms with Crippen molar-refractivity contribution in [2.45, 2.75) is 65.7 Å². The summed E-state index contributed by atoms with van der Waals surface area (Å²) in [6.07, 6.45) is 2.05. The normalized spacial score (nSPS) is 13.9. The van der Waals surface area contributed by atoms with Crippen molar-refractivity contribution in [1.82, 2.24) is 19.6 Å². The Bertz CT molecular complexity index is 424. The van der Waals surface area contributed by atoms with E-state index in [0.29, 0.717) is 38.9 Å². The molecule has 2 atom stereocenters. The molecule has 2 unspecified atom stereocenters. The van der Waals surface area contributed by atoms with Crippen LogP contribution in [-0.2, 0) is 19.1 Å². The number of unbranched alkanes of at least 4 members (excludes halogenated alkanes) is 1. The Morgan fingerprint density at radius 1 is 0.633 bits per heavy atom. The van der Waals surface area contributed by atoms with Gasteiger partial charge < -0.3 is 9.47 Å². The van der Waals surface area contributed by atoms with Crippen molar-refractivity contribution in [1.29, 1.82) is 0 Å². The van der Waals surface area contributed by atoms with Crippen LogP contribution in [0.15, 0.2) is 0 Å². The fourth-order valence-electron chi connectivity index (χ4n) is 3.47. The summed E-state index contributed by atoms with van der Waals surface area (Å²) in [6.45, 7) is 12.7. The molecule has 178 valence electrons. The van der Waals surface area contributed by atoms with Crippen LogP contribution < -0.4 is 0 Å². The van der Waals surface area contributed by atoms with Gasteiger partial charge in [0.15, 0.2) is 0 Å². The van der Waals surface area contributed by atoms with Gasteiger partial charge in [-0.3, -0.25) is 29.2 Å². The molecule has 0 radical (unpaired) electrons. The molecule has 0 rings (SSSR count). The van der Waals surface area contributed by atoms with E-state index in [2.05, 4.69) is 47.3 Å². The molecule has 30 heavy (non-hydrogen) atoms. The lowest BCUT2D eigenvalue weighted by atomic mass is 10.2. The Morgan fingerprint density at radius 3 is 1.17 bits per heavy atom. The molecule has 0 fully saturated rings. The van der Waals surface area contributed by atoms with Gasteiger partial charge in [-0.1, -0.05) is 27.7 Å². The first-order valence-electron chi connectivity index (χ1n) is 11.3. The molecule has 0 saturated heterocycles. The molecule has 8 heteroatoms. The molecular weight excluding hydrogens is 384 g/mol. The van der Waals surface area contributed by atoms with Crippen LogP contribution in [0.4, 0.5) is 0 Å². The number of carbonyl (C=O) groups excluding carboxylic acids is 2. The Hall–Kier alpha value is -1.22. The summed E-state index contributed by atoms with van der Waals surface area (Å²) in [5.74, 6) is -0.423. The first-order chi connectivity index (χ1) is 14.2. The SMILES string of the molecule is CCN(CC)C(COC(=O)CCCCC(=O)OCC(N(C)C)N(CC)CC)N(C)C. The van der Waals surface area contributed by atoms with E-state index in [4.69, 9.17) is 9.47 Å². The lowest BCUT2D eigenvalue weighted by Crippen LogP contribution is -2.48. The molecule has 0 heterocycles.